The maximum atomic E-state index is 11.8. The van der Waals surface area contributed by atoms with Gasteiger partial charge in [-0.3, -0.25) is 0 Å². The fourth-order valence-electron chi connectivity index (χ4n) is 1.81. The van der Waals surface area contributed by atoms with Gasteiger partial charge in [-0.1, -0.05) is 24.6 Å². The van der Waals surface area contributed by atoms with Gasteiger partial charge < -0.3 is 9.15 Å². The van der Waals surface area contributed by atoms with Crippen molar-refractivity contribution in [2.24, 2.45) is 0 Å². The SMILES string of the molecule is CCCOc1oc(=O)c2cc(C)ccc2c1C. The van der Waals surface area contributed by atoms with Crippen molar-refractivity contribution in [2.45, 2.75) is 27.2 Å². The zero-order valence-corrected chi connectivity index (χ0v) is 10.4. The number of benzene rings is 1. The highest BCUT2D eigenvalue weighted by atomic mass is 16.6. The van der Waals surface area contributed by atoms with E-state index in [9.17, 15) is 4.79 Å². The molecule has 17 heavy (non-hydrogen) atoms. The normalized spacial score (nSPS) is 10.8. The van der Waals surface area contributed by atoms with Crippen LogP contribution in [0.3, 0.4) is 0 Å². The Bertz CT molecular complexity index is 596. The van der Waals surface area contributed by atoms with Crippen molar-refractivity contribution in [1.82, 2.24) is 0 Å². The minimum absolute atomic E-state index is 0.333. The van der Waals surface area contributed by atoms with E-state index >= 15 is 0 Å². The summed E-state index contributed by atoms with van der Waals surface area (Å²) in [5.41, 5.74) is 1.60. The van der Waals surface area contributed by atoms with Crippen LogP contribution in [0.4, 0.5) is 0 Å². The third-order valence-electron chi connectivity index (χ3n) is 2.73. The first-order chi connectivity index (χ1) is 8.13. The summed E-state index contributed by atoms with van der Waals surface area (Å²) in [4.78, 5) is 11.8. The van der Waals surface area contributed by atoms with Gasteiger partial charge in [-0.15, -0.1) is 0 Å². The summed E-state index contributed by atoms with van der Waals surface area (Å²) in [6, 6.07) is 5.77. The van der Waals surface area contributed by atoms with Crippen molar-refractivity contribution >= 4 is 10.8 Å². The molecule has 1 aromatic carbocycles. The summed E-state index contributed by atoms with van der Waals surface area (Å²) in [5.74, 6) is 0.341. The van der Waals surface area contributed by atoms with E-state index in [0.29, 0.717) is 17.9 Å². The highest BCUT2D eigenvalue weighted by Crippen LogP contribution is 2.25. The summed E-state index contributed by atoms with van der Waals surface area (Å²) >= 11 is 0. The van der Waals surface area contributed by atoms with Crippen molar-refractivity contribution in [3.63, 3.8) is 0 Å². The number of hydrogen-bond donors (Lipinski definition) is 0. The van der Waals surface area contributed by atoms with Crippen LogP contribution in [0.1, 0.15) is 24.5 Å². The Morgan fingerprint density at radius 2 is 2.00 bits per heavy atom. The second-order valence-corrected chi connectivity index (χ2v) is 4.20. The minimum Gasteiger partial charge on any atom is -0.465 e. The molecule has 0 unspecified atom stereocenters. The van der Waals surface area contributed by atoms with Gasteiger partial charge in [0.05, 0.1) is 12.0 Å². The number of hydrogen-bond acceptors (Lipinski definition) is 3. The van der Waals surface area contributed by atoms with Gasteiger partial charge in [0, 0.05) is 5.56 Å². The maximum absolute atomic E-state index is 11.8. The summed E-state index contributed by atoms with van der Waals surface area (Å²) in [6.45, 7) is 6.43. The first kappa shape index (κ1) is 11.7. The highest BCUT2D eigenvalue weighted by Gasteiger charge is 2.11. The molecule has 1 aromatic heterocycles. The number of rotatable bonds is 3. The molecule has 0 bridgehead atoms. The molecule has 3 heteroatoms. The Hall–Kier alpha value is -1.77. The molecule has 2 aromatic rings. The fourth-order valence-corrected chi connectivity index (χ4v) is 1.81. The quantitative estimate of drug-likeness (QED) is 0.815. The lowest BCUT2D eigenvalue weighted by molar-refractivity contribution is 0.230. The summed E-state index contributed by atoms with van der Waals surface area (Å²) in [6.07, 6.45) is 0.884. The molecule has 3 nitrogen and oxygen atoms in total. The lowest BCUT2D eigenvalue weighted by Crippen LogP contribution is -2.06. The Morgan fingerprint density at radius 3 is 2.71 bits per heavy atom. The molecule has 0 aliphatic heterocycles. The minimum atomic E-state index is -0.333. The number of aryl methyl sites for hydroxylation is 2. The first-order valence-corrected chi connectivity index (χ1v) is 5.80. The Labute approximate surface area is 100 Å². The first-order valence-electron chi connectivity index (χ1n) is 5.80. The van der Waals surface area contributed by atoms with Gasteiger partial charge in [0.2, 0.25) is 0 Å². The van der Waals surface area contributed by atoms with Gasteiger partial charge >= 0.3 is 5.63 Å². The predicted molar refractivity (Wildman–Crippen MR) is 67.7 cm³/mol. The molecule has 1 heterocycles. The Morgan fingerprint density at radius 1 is 1.24 bits per heavy atom. The van der Waals surface area contributed by atoms with Crippen LogP contribution in [0.25, 0.3) is 10.8 Å². The van der Waals surface area contributed by atoms with Crippen LogP contribution in [0.2, 0.25) is 0 Å². The molecular weight excluding hydrogens is 216 g/mol. The molecule has 0 aliphatic carbocycles. The lowest BCUT2D eigenvalue weighted by Gasteiger charge is -2.08. The molecule has 90 valence electrons. The van der Waals surface area contributed by atoms with Gasteiger partial charge in [-0.05, 0) is 31.7 Å². The number of ether oxygens (including phenoxy) is 1. The van der Waals surface area contributed by atoms with Crippen molar-refractivity contribution in [1.29, 1.82) is 0 Å². The molecule has 2 rings (SSSR count). The second-order valence-electron chi connectivity index (χ2n) is 4.20. The van der Waals surface area contributed by atoms with Crippen molar-refractivity contribution in [3.8, 4) is 5.95 Å². The zero-order chi connectivity index (χ0) is 12.4. The van der Waals surface area contributed by atoms with Crippen molar-refractivity contribution in [3.05, 3.63) is 39.7 Å². The molecule has 0 N–H and O–H groups in total. The Balaban J connectivity index is 2.64. The third kappa shape index (κ3) is 2.18. The largest absolute Gasteiger partial charge is 0.465 e. The van der Waals surface area contributed by atoms with Crippen LogP contribution in [-0.4, -0.2) is 6.61 Å². The average molecular weight is 232 g/mol. The molecular formula is C14H16O3. The van der Waals surface area contributed by atoms with Crippen molar-refractivity contribution < 1.29 is 9.15 Å². The van der Waals surface area contributed by atoms with Gasteiger partial charge in [0.15, 0.2) is 0 Å². The van der Waals surface area contributed by atoms with Gasteiger partial charge in [0.1, 0.15) is 0 Å². The lowest BCUT2D eigenvalue weighted by atomic mass is 10.1. The van der Waals surface area contributed by atoms with Crippen LogP contribution in [0, 0.1) is 13.8 Å². The van der Waals surface area contributed by atoms with E-state index in [0.717, 1.165) is 22.9 Å². The summed E-state index contributed by atoms with van der Waals surface area (Å²) in [5, 5.41) is 1.52. The van der Waals surface area contributed by atoms with E-state index in [-0.39, 0.29) is 5.63 Å². The van der Waals surface area contributed by atoms with Crippen LogP contribution in [-0.2, 0) is 0 Å². The standard InChI is InChI=1S/C14H16O3/c1-4-7-16-14-10(3)11-6-5-9(2)8-12(11)13(15)17-14/h5-6,8H,4,7H2,1-3H3. The zero-order valence-electron chi connectivity index (χ0n) is 10.4. The van der Waals surface area contributed by atoms with Crippen LogP contribution < -0.4 is 10.4 Å². The monoisotopic (exact) mass is 232 g/mol. The smallest absolute Gasteiger partial charge is 0.346 e. The topological polar surface area (TPSA) is 39.4 Å². The number of fused-ring (bicyclic) bond motifs is 1. The molecule has 0 fully saturated rings. The van der Waals surface area contributed by atoms with Gasteiger partial charge in [0.25, 0.3) is 5.95 Å². The van der Waals surface area contributed by atoms with E-state index in [4.69, 9.17) is 9.15 Å². The molecule has 0 aliphatic rings. The van der Waals surface area contributed by atoms with Crippen LogP contribution in [0.15, 0.2) is 27.4 Å². The van der Waals surface area contributed by atoms with Gasteiger partial charge in [-0.25, -0.2) is 4.79 Å². The highest BCUT2D eigenvalue weighted by molar-refractivity contribution is 5.85. The Kier molecular flexibility index (Phi) is 3.18. The van der Waals surface area contributed by atoms with Gasteiger partial charge in [-0.2, -0.15) is 0 Å². The molecule has 0 atom stereocenters. The van der Waals surface area contributed by atoms with E-state index in [1.54, 1.807) is 0 Å². The molecule has 0 saturated carbocycles. The third-order valence-corrected chi connectivity index (χ3v) is 2.73. The average Bonchev–Trinajstić information content (AvgIpc) is 2.32. The summed E-state index contributed by atoms with van der Waals surface area (Å²) < 4.78 is 10.6. The molecule has 0 saturated heterocycles. The van der Waals surface area contributed by atoms with Crippen LogP contribution >= 0.6 is 0 Å². The van der Waals surface area contributed by atoms with Crippen molar-refractivity contribution in [2.75, 3.05) is 6.61 Å². The molecule has 0 amide bonds. The fraction of sp³-hybridized carbons (Fsp3) is 0.357. The molecule has 0 spiro atoms. The van der Waals surface area contributed by atoms with E-state index in [1.165, 1.54) is 0 Å². The van der Waals surface area contributed by atoms with E-state index in [2.05, 4.69) is 0 Å². The van der Waals surface area contributed by atoms with Crippen LogP contribution in [0.5, 0.6) is 5.95 Å². The predicted octanol–water partition coefficient (Wildman–Crippen LogP) is 3.20. The summed E-state index contributed by atoms with van der Waals surface area (Å²) in [7, 11) is 0. The van der Waals surface area contributed by atoms with E-state index in [1.807, 2.05) is 39.0 Å². The van der Waals surface area contributed by atoms with E-state index < -0.39 is 0 Å². The maximum Gasteiger partial charge on any atom is 0.346 e. The molecule has 0 radical (unpaired) electrons. The second kappa shape index (κ2) is 4.62.